The zero-order valence-electron chi connectivity index (χ0n) is 16.8. The Balaban J connectivity index is 1.84. The number of aliphatic hydroxyl groups excluding tert-OH is 1. The lowest BCUT2D eigenvalue weighted by Gasteiger charge is -2.29. The normalized spacial score (nSPS) is 15.2. The molecule has 2 N–H and O–H groups in total. The Kier molecular flexibility index (Phi) is 5.35. The predicted molar refractivity (Wildman–Crippen MR) is 115 cm³/mol. The summed E-state index contributed by atoms with van der Waals surface area (Å²) < 4.78 is 8.19. The number of carbonyl (C=O) groups excluding carboxylic acids is 1. The van der Waals surface area contributed by atoms with Crippen molar-refractivity contribution < 1.29 is 14.6 Å². The van der Waals surface area contributed by atoms with Crippen molar-refractivity contribution >= 4 is 33.1 Å². The van der Waals surface area contributed by atoms with E-state index in [1.54, 1.807) is 24.3 Å². The van der Waals surface area contributed by atoms with Crippen LogP contribution in [0.1, 0.15) is 24.3 Å². The van der Waals surface area contributed by atoms with E-state index < -0.39 is 16.9 Å². The smallest absolute Gasteiger partial charge is 0.332 e. The molecule has 1 amide bonds. The van der Waals surface area contributed by atoms with Crippen LogP contribution in [0.25, 0.3) is 10.2 Å². The fourth-order valence-electron chi connectivity index (χ4n) is 3.71. The van der Waals surface area contributed by atoms with Crippen LogP contribution in [0, 0.1) is 0 Å². The van der Waals surface area contributed by atoms with Crippen LogP contribution in [0.5, 0.6) is 0 Å². The van der Waals surface area contributed by atoms with Gasteiger partial charge in [0.25, 0.3) is 5.56 Å². The third-order valence-electron chi connectivity index (χ3n) is 5.12. The first-order valence-corrected chi connectivity index (χ1v) is 10.5. The molecule has 9 heteroatoms. The number of fused-ring (bicyclic) bond motifs is 3. The Morgan fingerprint density at radius 2 is 1.97 bits per heavy atom. The molecule has 0 fully saturated rings. The van der Waals surface area contributed by atoms with Gasteiger partial charge in [0.1, 0.15) is 11.4 Å². The predicted octanol–water partition coefficient (Wildman–Crippen LogP) is 1.71. The average Bonchev–Trinajstić information content (AvgIpc) is 3.06. The van der Waals surface area contributed by atoms with Crippen LogP contribution in [0.4, 0.5) is 5.69 Å². The van der Waals surface area contributed by atoms with E-state index >= 15 is 0 Å². The number of aromatic nitrogens is 2. The summed E-state index contributed by atoms with van der Waals surface area (Å²) in [4.78, 5) is 40.2. The minimum absolute atomic E-state index is 0.127. The van der Waals surface area contributed by atoms with Crippen LogP contribution < -0.4 is 16.6 Å². The first-order valence-electron chi connectivity index (χ1n) is 9.68. The van der Waals surface area contributed by atoms with Gasteiger partial charge in [-0.25, -0.2) is 4.79 Å². The summed E-state index contributed by atoms with van der Waals surface area (Å²) in [6.07, 6.45) is 0.533. The van der Waals surface area contributed by atoms with Crippen molar-refractivity contribution in [1.82, 2.24) is 9.13 Å². The number of anilines is 1. The number of para-hydroxylation sites is 1. The Morgan fingerprint density at radius 3 is 2.67 bits per heavy atom. The van der Waals surface area contributed by atoms with E-state index in [1.807, 2.05) is 19.9 Å². The molecule has 0 saturated heterocycles. The molecule has 3 heterocycles. The first kappa shape index (κ1) is 20.5. The van der Waals surface area contributed by atoms with Crippen molar-refractivity contribution in [3.63, 3.8) is 0 Å². The summed E-state index contributed by atoms with van der Waals surface area (Å²) >= 11 is 1.31. The van der Waals surface area contributed by atoms with Crippen molar-refractivity contribution in [2.24, 2.45) is 0 Å². The summed E-state index contributed by atoms with van der Waals surface area (Å²) in [5, 5.41) is 12.6. The number of ether oxygens (including phenoxy) is 1. The van der Waals surface area contributed by atoms with Gasteiger partial charge < -0.3 is 15.2 Å². The maximum Gasteiger partial charge on any atom is 0.332 e. The maximum absolute atomic E-state index is 13.1. The lowest BCUT2D eigenvalue weighted by atomic mass is 9.94. The molecule has 0 bridgehead atoms. The molecule has 0 radical (unpaired) electrons. The standard InChI is InChI=1S/C21H23N3O5S/c1-21(2)10-14-15(12-29-21)30-19-17(14)18(27)23(8-9-25)20(28)24(19)11-16(26)22-13-6-4-3-5-7-13/h3-7,25H,8-12H2,1-2H3,(H,22,26). The van der Waals surface area contributed by atoms with Crippen LogP contribution >= 0.6 is 11.3 Å². The third-order valence-corrected chi connectivity index (χ3v) is 6.35. The molecule has 0 spiro atoms. The van der Waals surface area contributed by atoms with Gasteiger partial charge in [-0.3, -0.25) is 18.7 Å². The van der Waals surface area contributed by atoms with E-state index in [9.17, 15) is 19.5 Å². The number of hydrogen-bond donors (Lipinski definition) is 2. The largest absolute Gasteiger partial charge is 0.395 e. The average molecular weight is 429 g/mol. The van der Waals surface area contributed by atoms with E-state index in [4.69, 9.17) is 4.74 Å². The summed E-state index contributed by atoms with van der Waals surface area (Å²) in [6, 6.07) is 8.96. The first-order chi connectivity index (χ1) is 14.3. The van der Waals surface area contributed by atoms with Gasteiger partial charge in [-0.15, -0.1) is 11.3 Å². The highest BCUT2D eigenvalue weighted by atomic mass is 32.1. The molecule has 30 heavy (non-hydrogen) atoms. The number of nitrogens with zero attached hydrogens (tertiary/aromatic N) is 2. The SMILES string of the molecule is CC1(C)Cc2c(sc3c2c(=O)n(CCO)c(=O)n3CC(=O)Nc2ccccc2)CO1. The molecule has 0 atom stereocenters. The molecule has 2 aromatic heterocycles. The van der Waals surface area contributed by atoms with Crippen LogP contribution in [0.3, 0.4) is 0 Å². The number of benzene rings is 1. The van der Waals surface area contributed by atoms with E-state index in [-0.39, 0.29) is 25.6 Å². The molecule has 158 valence electrons. The molecule has 1 aliphatic heterocycles. The van der Waals surface area contributed by atoms with Gasteiger partial charge in [-0.1, -0.05) is 18.2 Å². The number of carbonyl (C=O) groups is 1. The number of hydrogen-bond acceptors (Lipinski definition) is 6. The van der Waals surface area contributed by atoms with Crippen LogP contribution in [0.2, 0.25) is 0 Å². The number of nitrogens with one attached hydrogen (secondary N) is 1. The molecule has 4 rings (SSSR count). The van der Waals surface area contributed by atoms with Crippen molar-refractivity contribution in [3.8, 4) is 0 Å². The molecule has 1 aliphatic rings. The third kappa shape index (κ3) is 3.71. The van der Waals surface area contributed by atoms with Gasteiger partial charge in [0.2, 0.25) is 5.91 Å². The van der Waals surface area contributed by atoms with Gasteiger partial charge >= 0.3 is 5.69 Å². The van der Waals surface area contributed by atoms with Crippen molar-refractivity contribution in [1.29, 1.82) is 0 Å². The minimum Gasteiger partial charge on any atom is -0.395 e. The summed E-state index contributed by atoms with van der Waals surface area (Å²) in [6.45, 7) is 3.55. The lowest BCUT2D eigenvalue weighted by molar-refractivity contribution is -0.116. The molecule has 0 aliphatic carbocycles. The lowest BCUT2D eigenvalue weighted by Crippen LogP contribution is -2.42. The number of amides is 1. The highest BCUT2D eigenvalue weighted by molar-refractivity contribution is 7.18. The fourth-order valence-corrected chi connectivity index (χ4v) is 4.92. The molecule has 3 aromatic rings. The molecule has 1 aromatic carbocycles. The van der Waals surface area contributed by atoms with Crippen LogP contribution in [0.15, 0.2) is 39.9 Å². The molecular weight excluding hydrogens is 406 g/mol. The van der Waals surface area contributed by atoms with Crippen molar-refractivity contribution in [2.45, 2.75) is 45.6 Å². The molecular formula is C21H23N3O5S. The van der Waals surface area contributed by atoms with Gasteiger partial charge in [-0.05, 0) is 31.5 Å². The number of aliphatic hydroxyl groups is 1. The Labute approximate surface area is 176 Å². The van der Waals surface area contributed by atoms with Crippen molar-refractivity contribution in [3.05, 3.63) is 61.6 Å². The second kappa shape index (κ2) is 7.82. The van der Waals surface area contributed by atoms with Gasteiger partial charge in [0, 0.05) is 17.0 Å². The minimum atomic E-state index is -0.608. The second-order valence-electron chi connectivity index (χ2n) is 7.87. The maximum atomic E-state index is 13.1. The summed E-state index contributed by atoms with van der Waals surface area (Å²) in [7, 11) is 0. The van der Waals surface area contributed by atoms with Gasteiger partial charge in [0.15, 0.2) is 0 Å². The highest BCUT2D eigenvalue weighted by Crippen LogP contribution is 2.37. The monoisotopic (exact) mass is 429 g/mol. The van der Waals surface area contributed by atoms with Gasteiger partial charge in [-0.2, -0.15) is 0 Å². The van der Waals surface area contributed by atoms with E-state index in [2.05, 4.69) is 5.32 Å². The zero-order valence-corrected chi connectivity index (χ0v) is 17.6. The molecule has 0 saturated carbocycles. The molecule has 8 nitrogen and oxygen atoms in total. The second-order valence-corrected chi connectivity index (χ2v) is 8.96. The Hall–Kier alpha value is -2.75. The van der Waals surface area contributed by atoms with Crippen LogP contribution in [-0.4, -0.2) is 32.4 Å². The quantitative estimate of drug-likeness (QED) is 0.643. The Morgan fingerprint density at radius 1 is 1.23 bits per heavy atom. The Bertz CT molecular complexity index is 1220. The molecule has 0 unspecified atom stereocenters. The zero-order chi connectivity index (χ0) is 21.5. The fraction of sp³-hybridized carbons (Fsp3) is 0.381. The number of thiophene rings is 1. The topological polar surface area (TPSA) is 103 Å². The highest BCUT2D eigenvalue weighted by Gasteiger charge is 2.32. The van der Waals surface area contributed by atoms with E-state index in [1.165, 1.54) is 15.9 Å². The van der Waals surface area contributed by atoms with Gasteiger partial charge in [0.05, 0.1) is 30.7 Å². The van der Waals surface area contributed by atoms with E-state index in [0.29, 0.717) is 28.9 Å². The summed E-state index contributed by atoms with van der Waals surface area (Å²) in [5.41, 5.74) is 0.0136. The van der Waals surface area contributed by atoms with E-state index in [0.717, 1.165) is 15.0 Å². The van der Waals surface area contributed by atoms with Crippen LogP contribution in [-0.2, 0) is 35.6 Å². The number of rotatable bonds is 5. The summed E-state index contributed by atoms with van der Waals surface area (Å²) in [5.74, 6) is -0.373. The van der Waals surface area contributed by atoms with Crippen molar-refractivity contribution in [2.75, 3.05) is 11.9 Å².